The number of alkyl carbamates (subject to hydrolysis) is 1. The van der Waals surface area contributed by atoms with E-state index in [-0.39, 0.29) is 29.4 Å². The van der Waals surface area contributed by atoms with E-state index in [4.69, 9.17) is 9.47 Å². The van der Waals surface area contributed by atoms with Crippen LogP contribution in [-0.2, 0) is 4.74 Å². The van der Waals surface area contributed by atoms with Crippen LogP contribution in [0.1, 0.15) is 25.5 Å². The highest BCUT2D eigenvalue weighted by Gasteiger charge is 2.40. The fourth-order valence-corrected chi connectivity index (χ4v) is 2.28. The van der Waals surface area contributed by atoms with Crippen LogP contribution < -0.4 is 10.1 Å². The first-order valence-electron chi connectivity index (χ1n) is 6.25. The maximum atomic E-state index is 11.4. The van der Waals surface area contributed by atoms with E-state index < -0.39 is 22.5 Å². The topological polar surface area (TPSA) is 111 Å². The van der Waals surface area contributed by atoms with Gasteiger partial charge in [0, 0.05) is 17.0 Å². The number of amides is 1. The van der Waals surface area contributed by atoms with Crippen molar-refractivity contribution in [3.05, 3.63) is 27.8 Å². The summed E-state index contributed by atoms with van der Waals surface area (Å²) >= 11 is 0. The van der Waals surface area contributed by atoms with E-state index in [1.54, 1.807) is 0 Å². The quantitative estimate of drug-likeness (QED) is 0.652. The first-order valence-corrected chi connectivity index (χ1v) is 6.25. The van der Waals surface area contributed by atoms with Gasteiger partial charge in [-0.15, -0.1) is 0 Å². The van der Waals surface area contributed by atoms with Crippen LogP contribution in [0.25, 0.3) is 0 Å². The summed E-state index contributed by atoms with van der Waals surface area (Å²) in [7, 11) is 1.30. The Kier molecular flexibility index (Phi) is 3.63. The SMILES string of the molecule is COc1cc([N+](=O)[O-])cc([C@@H]2NC(=O)OCC2(C)C)c1O. The molecule has 1 aromatic carbocycles. The highest BCUT2D eigenvalue weighted by atomic mass is 16.6. The molecule has 2 N–H and O–H groups in total. The zero-order chi connectivity index (χ0) is 15.8. The molecule has 1 aromatic rings. The molecule has 2 rings (SSSR count). The van der Waals surface area contributed by atoms with E-state index in [0.717, 1.165) is 6.07 Å². The number of nitrogens with zero attached hydrogens (tertiary/aromatic N) is 1. The second-order valence-corrected chi connectivity index (χ2v) is 5.49. The number of carbonyl (C=O) groups excluding carboxylic acids is 1. The number of nitrogens with one attached hydrogen (secondary N) is 1. The van der Waals surface area contributed by atoms with Crippen LogP contribution in [0.5, 0.6) is 11.5 Å². The third kappa shape index (κ3) is 2.69. The van der Waals surface area contributed by atoms with Gasteiger partial charge in [0.15, 0.2) is 11.5 Å². The number of cyclic esters (lactones) is 1. The van der Waals surface area contributed by atoms with Gasteiger partial charge in [-0.05, 0) is 0 Å². The van der Waals surface area contributed by atoms with Crippen LogP contribution in [0.4, 0.5) is 10.5 Å². The maximum Gasteiger partial charge on any atom is 0.407 e. The van der Waals surface area contributed by atoms with E-state index in [0.29, 0.717) is 0 Å². The fraction of sp³-hybridized carbons (Fsp3) is 0.462. The van der Waals surface area contributed by atoms with E-state index >= 15 is 0 Å². The molecular weight excluding hydrogens is 280 g/mol. The number of hydrogen-bond acceptors (Lipinski definition) is 6. The Balaban J connectivity index is 2.58. The van der Waals surface area contributed by atoms with Crippen molar-refractivity contribution in [2.45, 2.75) is 19.9 Å². The minimum absolute atomic E-state index is 0.0178. The fourth-order valence-electron chi connectivity index (χ4n) is 2.28. The van der Waals surface area contributed by atoms with Gasteiger partial charge in [-0.3, -0.25) is 10.1 Å². The molecule has 0 aliphatic carbocycles. The minimum Gasteiger partial charge on any atom is -0.504 e. The van der Waals surface area contributed by atoms with Gasteiger partial charge in [0.05, 0.1) is 24.1 Å². The number of non-ortho nitro benzene ring substituents is 1. The van der Waals surface area contributed by atoms with Crippen LogP contribution in [0, 0.1) is 15.5 Å². The third-order valence-electron chi connectivity index (χ3n) is 3.45. The van der Waals surface area contributed by atoms with Gasteiger partial charge >= 0.3 is 6.09 Å². The van der Waals surface area contributed by atoms with Gasteiger partial charge in [-0.25, -0.2) is 4.79 Å². The van der Waals surface area contributed by atoms with Crippen molar-refractivity contribution < 1.29 is 24.3 Å². The van der Waals surface area contributed by atoms with E-state index in [1.165, 1.54) is 13.2 Å². The van der Waals surface area contributed by atoms with Crippen molar-refractivity contribution in [2.75, 3.05) is 13.7 Å². The Hall–Kier alpha value is -2.51. The molecule has 1 fully saturated rings. The molecule has 0 saturated carbocycles. The largest absolute Gasteiger partial charge is 0.504 e. The predicted octanol–water partition coefficient (Wildman–Crippen LogP) is 2.12. The van der Waals surface area contributed by atoms with Crippen molar-refractivity contribution in [1.82, 2.24) is 5.32 Å². The third-order valence-corrected chi connectivity index (χ3v) is 3.45. The Labute approximate surface area is 120 Å². The molecule has 0 radical (unpaired) electrons. The summed E-state index contributed by atoms with van der Waals surface area (Å²) in [6.07, 6.45) is -0.635. The van der Waals surface area contributed by atoms with Crippen LogP contribution >= 0.6 is 0 Å². The molecule has 1 saturated heterocycles. The normalized spacial score (nSPS) is 20.3. The molecule has 8 nitrogen and oxygen atoms in total. The van der Waals surface area contributed by atoms with Crippen molar-refractivity contribution in [2.24, 2.45) is 5.41 Å². The van der Waals surface area contributed by atoms with Crippen LogP contribution in [0.3, 0.4) is 0 Å². The Morgan fingerprint density at radius 2 is 2.19 bits per heavy atom. The number of ether oxygens (including phenoxy) is 2. The van der Waals surface area contributed by atoms with Gasteiger partial charge in [0.1, 0.15) is 6.61 Å². The lowest BCUT2D eigenvalue weighted by Gasteiger charge is -2.38. The van der Waals surface area contributed by atoms with Crippen molar-refractivity contribution in [3.8, 4) is 11.5 Å². The number of methoxy groups -OCH3 is 1. The number of aromatic hydroxyl groups is 1. The molecule has 1 aliphatic heterocycles. The van der Waals surface area contributed by atoms with Crippen LogP contribution in [-0.4, -0.2) is 29.8 Å². The first-order chi connectivity index (χ1) is 9.76. The molecule has 114 valence electrons. The summed E-state index contributed by atoms with van der Waals surface area (Å²) in [6.45, 7) is 3.78. The van der Waals surface area contributed by atoms with Crippen molar-refractivity contribution >= 4 is 11.8 Å². The minimum atomic E-state index is -0.635. The summed E-state index contributed by atoms with van der Waals surface area (Å²) in [6, 6.07) is 1.73. The lowest BCUT2D eigenvalue weighted by atomic mass is 9.80. The number of nitro benzene ring substituents is 1. The average Bonchev–Trinajstić information content (AvgIpc) is 2.42. The first kappa shape index (κ1) is 14.9. The van der Waals surface area contributed by atoms with Gasteiger partial charge in [0.25, 0.3) is 5.69 Å². The van der Waals surface area contributed by atoms with Crippen molar-refractivity contribution in [1.29, 1.82) is 0 Å². The second-order valence-electron chi connectivity index (χ2n) is 5.49. The van der Waals surface area contributed by atoms with E-state index in [9.17, 15) is 20.0 Å². The summed E-state index contributed by atoms with van der Waals surface area (Å²) in [5.74, 6) is -0.251. The maximum absolute atomic E-state index is 11.4. The molecule has 0 spiro atoms. The van der Waals surface area contributed by atoms with Gasteiger partial charge in [-0.2, -0.15) is 0 Å². The Morgan fingerprint density at radius 1 is 1.52 bits per heavy atom. The Bertz CT molecular complexity index is 599. The molecule has 21 heavy (non-hydrogen) atoms. The molecule has 0 bridgehead atoms. The number of phenols is 1. The molecular formula is C13H16N2O6. The highest BCUT2D eigenvalue weighted by molar-refractivity contribution is 5.70. The van der Waals surface area contributed by atoms with E-state index in [1.807, 2.05) is 13.8 Å². The summed E-state index contributed by atoms with van der Waals surface area (Å²) in [5, 5.41) is 23.8. The zero-order valence-electron chi connectivity index (χ0n) is 11.9. The van der Waals surface area contributed by atoms with Crippen molar-refractivity contribution in [3.63, 3.8) is 0 Å². The smallest absolute Gasteiger partial charge is 0.407 e. The zero-order valence-corrected chi connectivity index (χ0v) is 11.9. The van der Waals surface area contributed by atoms with Gasteiger partial charge in [-0.1, -0.05) is 13.8 Å². The standard InChI is InChI=1S/C13H16N2O6/c1-13(2)6-21-12(17)14-11(13)8-4-7(15(18)19)5-9(20-3)10(8)16/h4-5,11,16H,6H2,1-3H3,(H,14,17)/t11-/m0/s1. The lowest BCUT2D eigenvalue weighted by Crippen LogP contribution is -2.46. The predicted molar refractivity (Wildman–Crippen MR) is 72.3 cm³/mol. The van der Waals surface area contributed by atoms with Gasteiger partial charge in [0.2, 0.25) is 0 Å². The summed E-state index contributed by atoms with van der Waals surface area (Å²) in [5.41, 5.74) is -0.551. The Morgan fingerprint density at radius 3 is 2.76 bits per heavy atom. The van der Waals surface area contributed by atoms with Crippen LogP contribution in [0.2, 0.25) is 0 Å². The molecule has 0 aromatic heterocycles. The lowest BCUT2D eigenvalue weighted by molar-refractivity contribution is -0.385. The number of benzene rings is 1. The second kappa shape index (κ2) is 5.12. The number of carbonyl (C=O) groups is 1. The molecule has 1 heterocycles. The monoisotopic (exact) mass is 296 g/mol. The number of nitro groups is 1. The molecule has 1 amide bonds. The number of phenolic OH excluding ortho intramolecular Hbond substituents is 1. The van der Waals surface area contributed by atoms with Gasteiger partial charge < -0.3 is 19.9 Å². The highest BCUT2D eigenvalue weighted by Crippen LogP contribution is 2.44. The summed E-state index contributed by atoms with van der Waals surface area (Å²) < 4.78 is 9.89. The molecule has 1 atom stereocenters. The van der Waals surface area contributed by atoms with E-state index in [2.05, 4.69) is 5.32 Å². The number of hydrogen-bond donors (Lipinski definition) is 2. The average molecular weight is 296 g/mol. The molecule has 8 heteroatoms. The number of rotatable bonds is 3. The molecule has 0 unspecified atom stereocenters. The summed E-state index contributed by atoms with van der Waals surface area (Å²) in [4.78, 5) is 21.9. The van der Waals surface area contributed by atoms with Crippen LogP contribution in [0.15, 0.2) is 12.1 Å². The molecule has 1 aliphatic rings.